The van der Waals surface area contributed by atoms with Gasteiger partial charge in [-0.15, -0.1) is 0 Å². The zero-order valence-corrected chi connectivity index (χ0v) is 11.0. The number of hydrogen-bond donors (Lipinski definition) is 3. The van der Waals surface area contributed by atoms with E-state index in [0.29, 0.717) is 12.4 Å². The lowest BCUT2D eigenvalue weighted by atomic mass is 10.1. The number of alkyl carbamates (subject to hydrolysis) is 1. The van der Waals surface area contributed by atoms with Gasteiger partial charge in [0.05, 0.1) is 5.84 Å². The lowest BCUT2D eigenvalue weighted by Crippen LogP contribution is -2.50. The summed E-state index contributed by atoms with van der Waals surface area (Å²) >= 11 is 0. The summed E-state index contributed by atoms with van der Waals surface area (Å²) in [6.45, 7) is 7.26. The first-order valence-electron chi connectivity index (χ1n) is 5.69. The van der Waals surface area contributed by atoms with Crippen LogP contribution >= 0.6 is 0 Å². The maximum absolute atomic E-state index is 11.5. The molecule has 0 saturated heterocycles. The van der Waals surface area contributed by atoms with Crippen LogP contribution in [-0.2, 0) is 9.53 Å². The molecule has 0 aromatic heterocycles. The monoisotopic (exact) mass is 257 g/mol. The van der Waals surface area contributed by atoms with Gasteiger partial charge in [0.25, 0.3) is 0 Å². The molecular weight excluding hydrogens is 238 g/mol. The average molecular weight is 257 g/mol. The topological polar surface area (TPSA) is 100 Å². The molecule has 0 radical (unpaired) electrons. The highest BCUT2D eigenvalue weighted by atomic mass is 16.6. The number of carboxylic acids is 1. The minimum absolute atomic E-state index is 0.387. The van der Waals surface area contributed by atoms with E-state index in [1.165, 1.54) is 0 Å². The number of hydrogen-bond acceptors (Lipinski definition) is 5. The lowest BCUT2D eigenvalue weighted by molar-refractivity contribution is -0.139. The van der Waals surface area contributed by atoms with Crippen LogP contribution in [0.5, 0.6) is 0 Å². The number of aliphatic imine (C=N–C) groups is 1. The summed E-state index contributed by atoms with van der Waals surface area (Å²) in [5, 5.41) is 14.3. The number of nitrogens with zero attached hydrogens (tertiary/aromatic N) is 1. The molecule has 0 aromatic rings. The number of carbonyl (C=O) groups is 2. The van der Waals surface area contributed by atoms with Crippen molar-refractivity contribution in [3.63, 3.8) is 0 Å². The first-order chi connectivity index (χ1) is 8.19. The largest absolute Gasteiger partial charge is 0.480 e. The van der Waals surface area contributed by atoms with Gasteiger partial charge >= 0.3 is 12.1 Å². The van der Waals surface area contributed by atoms with Crippen molar-refractivity contribution in [3.8, 4) is 0 Å². The number of carboxylic acid groups (broad SMARTS) is 1. The molecule has 2 unspecified atom stereocenters. The van der Waals surface area contributed by atoms with Crippen molar-refractivity contribution in [2.75, 3.05) is 6.54 Å². The summed E-state index contributed by atoms with van der Waals surface area (Å²) in [5.74, 6) is -0.469. The van der Waals surface area contributed by atoms with Gasteiger partial charge in [-0.05, 0) is 27.7 Å². The van der Waals surface area contributed by atoms with Gasteiger partial charge in [0.1, 0.15) is 11.6 Å². The summed E-state index contributed by atoms with van der Waals surface area (Å²) < 4.78 is 5.02. The van der Waals surface area contributed by atoms with Crippen LogP contribution in [0.1, 0.15) is 27.7 Å². The molecule has 0 spiro atoms. The Labute approximate surface area is 106 Å². The third-order valence-electron chi connectivity index (χ3n) is 2.25. The Hall–Kier alpha value is -1.79. The van der Waals surface area contributed by atoms with Crippen LogP contribution in [0, 0.1) is 0 Å². The van der Waals surface area contributed by atoms with Crippen molar-refractivity contribution in [2.24, 2.45) is 4.99 Å². The molecule has 1 amide bonds. The zero-order chi connectivity index (χ0) is 13.9. The Balaban J connectivity index is 2.65. The zero-order valence-electron chi connectivity index (χ0n) is 11.0. The molecule has 0 fully saturated rings. The number of rotatable bonds is 3. The quantitative estimate of drug-likeness (QED) is 0.677. The Bertz CT molecular complexity index is 373. The van der Waals surface area contributed by atoms with Crippen molar-refractivity contribution in [1.29, 1.82) is 0 Å². The third kappa shape index (κ3) is 4.23. The molecule has 7 heteroatoms. The highest BCUT2D eigenvalue weighted by Crippen LogP contribution is 2.09. The maximum atomic E-state index is 11.5. The van der Waals surface area contributed by atoms with Crippen LogP contribution in [0.4, 0.5) is 4.79 Å². The first kappa shape index (κ1) is 14.3. The first-order valence-corrected chi connectivity index (χ1v) is 5.69. The summed E-state index contributed by atoms with van der Waals surface area (Å²) in [6, 6.07) is -1.61. The number of amidine groups is 1. The van der Waals surface area contributed by atoms with Gasteiger partial charge in [0.15, 0.2) is 6.04 Å². The van der Waals surface area contributed by atoms with Crippen molar-refractivity contribution in [1.82, 2.24) is 10.6 Å². The summed E-state index contributed by atoms with van der Waals surface area (Å²) in [6.07, 6.45) is -0.755. The highest BCUT2D eigenvalue weighted by molar-refractivity contribution is 5.85. The van der Waals surface area contributed by atoms with E-state index in [1.54, 1.807) is 27.7 Å². The third-order valence-corrected chi connectivity index (χ3v) is 2.25. The van der Waals surface area contributed by atoms with Crippen LogP contribution in [-0.4, -0.2) is 47.2 Å². The summed E-state index contributed by atoms with van der Waals surface area (Å²) in [5.41, 5.74) is -0.666. The van der Waals surface area contributed by atoms with Gasteiger partial charge in [-0.25, -0.2) is 9.59 Å². The van der Waals surface area contributed by atoms with Crippen molar-refractivity contribution < 1.29 is 19.4 Å². The van der Waals surface area contributed by atoms with E-state index >= 15 is 0 Å². The van der Waals surface area contributed by atoms with Crippen molar-refractivity contribution >= 4 is 17.9 Å². The van der Waals surface area contributed by atoms with Gasteiger partial charge < -0.3 is 20.5 Å². The number of nitrogens with one attached hydrogen (secondary N) is 2. The second-order valence-electron chi connectivity index (χ2n) is 5.12. The van der Waals surface area contributed by atoms with Crippen LogP contribution in [0.25, 0.3) is 0 Å². The molecule has 2 atom stereocenters. The van der Waals surface area contributed by atoms with E-state index < -0.39 is 29.7 Å². The second-order valence-corrected chi connectivity index (χ2v) is 5.12. The van der Waals surface area contributed by atoms with Crippen LogP contribution < -0.4 is 10.6 Å². The number of amides is 1. The molecule has 1 aliphatic heterocycles. The SMILES string of the molecule is CC1=NC(C(NC(=O)OC(C)(C)C)C(=O)O)CN1. The molecule has 1 rings (SSSR count). The Kier molecular flexibility index (Phi) is 4.15. The van der Waals surface area contributed by atoms with E-state index in [1.807, 2.05) is 0 Å². The minimum atomic E-state index is -1.13. The maximum Gasteiger partial charge on any atom is 0.408 e. The molecule has 1 heterocycles. The predicted molar refractivity (Wildman–Crippen MR) is 65.7 cm³/mol. The molecule has 3 N–H and O–H groups in total. The summed E-state index contributed by atoms with van der Waals surface area (Å²) in [7, 11) is 0. The van der Waals surface area contributed by atoms with Crippen LogP contribution in [0.2, 0.25) is 0 Å². The van der Waals surface area contributed by atoms with Crippen LogP contribution in [0.15, 0.2) is 4.99 Å². The predicted octanol–water partition coefficient (Wildman–Crippen LogP) is 0.355. The fourth-order valence-electron chi connectivity index (χ4n) is 1.54. The smallest absolute Gasteiger partial charge is 0.408 e. The molecular formula is C11H19N3O4. The van der Waals surface area contributed by atoms with Gasteiger partial charge in [0.2, 0.25) is 0 Å². The molecule has 0 bridgehead atoms. The minimum Gasteiger partial charge on any atom is -0.480 e. The number of carbonyl (C=O) groups excluding carboxylic acids is 1. The van der Waals surface area contributed by atoms with E-state index in [4.69, 9.17) is 9.84 Å². The van der Waals surface area contributed by atoms with E-state index in [9.17, 15) is 9.59 Å². The van der Waals surface area contributed by atoms with Crippen molar-refractivity contribution in [3.05, 3.63) is 0 Å². The number of ether oxygens (including phenoxy) is 1. The number of aliphatic carboxylic acids is 1. The molecule has 0 aromatic carbocycles. The Morgan fingerprint density at radius 2 is 2.17 bits per heavy atom. The average Bonchev–Trinajstić information content (AvgIpc) is 2.57. The van der Waals surface area contributed by atoms with E-state index in [2.05, 4.69) is 15.6 Å². The Morgan fingerprint density at radius 1 is 1.56 bits per heavy atom. The fraction of sp³-hybridized carbons (Fsp3) is 0.727. The van der Waals surface area contributed by atoms with Gasteiger partial charge in [-0.1, -0.05) is 0 Å². The summed E-state index contributed by atoms with van der Waals surface area (Å²) in [4.78, 5) is 26.8. The molecule has 7 nitrogen and oxygen atoms in total. The van der Waals surface area contributed by atoms with E-state index in [0.717, 1.165) is 0 Å². The standard InChI is InChI=1S/C11H19N3O4/c1-6-12-5-7(13-6)8(9(15)16)14-10(17)18-11(2,3)4/h7-8H,5H2,1-4H3,(H,12,13)(H,14,17)(H,15,16). The van der Waals surface area contributed by atoms with Gasteiger partial charge in [0, 0.05) is 6.54 Å². The molecule has 102 valence electrons. The van der Waals surface area contributed by atoms with Gasteiger partial charge in [-0.2, -0.15) is 0 Å². The fourth-order valence-corrected chi connectivity index (χ4v) is 1.54. The Morgan fingerprint density at radius 3 is 2.56 bits per heavy atom. The van der Waals surface area contributed by atoms with E-state index in [-0.39, 0.29) is 0 Å². The molecule has 1 aliphatic rings. The lowest BCUT2D eigenvalue weighted by Gasteiger charge is -2.23. The highest BCUT2D eigenvalue weighted by Gasteiger charge is 2.33. The molecule has 0 saturated carbocycles. The second kappa shape index (κ2) is 5.24. The molecule has 0 aliphatic carbocycles. The normalized spacial score (nSPS) is 20.7. The van der Waals surface area contributed by atoms with Gasteiger partial charge in [-0.3, -0.25) is 4.99 Å². The van der Waals surface area contributed by atoms with Crippen LogP contribution in [0.3, 0.4) is 0 Å². The van der Waals surface area contributed by atoms with Crippen molar-refractivity contribution in [2.45, 2.75) is 45.4 Å². The molecule has 18 heavy (non-hydrogen) atoms.